The standard InChI is InChI=1S/C24H28N2O.C2H6/c1-4-16-7-8-17(13-16)21(5-2)26-24(27)18-9-11-23-20(14-18)19-12-15(3)6-10-22(19)25-23;1-2/h5-6,9-12,14,16-17,21,25H,2,4,7-8,13H2,1,3H3,(H,26,27);1-2H3. The summed E-state index contributed by atoms with van der Waals surface area (Å²) in [4.78, 5) is 16.4. The molecule has 1 aliphatic carbocycles. The van der Waals surface area contributed by atoms with Gasteiger partial charge in [0, 0.05) is 33.4 Å². The molecule has 1 fully saturated rings. The van der Waals surface area contributed by atoms with Crippen LogP contribution in [0.1, 0.15) is 62.4 Å². The summed E-state index contributed by atoms with van der Waals surface area (Å²) in [5.41, 5.74) is 4.10. The van der Waals surface area contributed by atoms with Crippen molar-refractivity contribution >= 4 is 27.7 Å². The number of hydrogen-bond acceptors (Lipinski definition) is 1. The van der Waals surface area contributed by atoms with Gasteiger partial charge in [-0.1, -0.05) is 51.3 Å². The smallest absolute Gasteiger partial charge is 0.251 e. The highest BCUT2D eigenvalue weighted by Crippen LogP contribution is 2.35. The van der Waals surface area contributed by atoms with Crippen LogP contribution in [-0.4, -0.2) is 16.9 Å². The van der Waals surface area contributed by atoms with Gasteiger partial charge in [-0.2, -0.15) is 0 Å². The van der Waals surface area contributed by atoms with Gasteiger partial charge in [-0.25, -0.2) is 0 Å². The average Bonchev–Trinajstić information content (AvgIpc) is 3.37. The highest BCUT2D eigenvalue weighted by Gasteiger charge is 2.29. The monoisotopic (exact) mass is 390 g/mol. The molecule has 0 spiro atoms. The van der Waals surface area contributed by atoms with Crippen LogP contribution in [0.4, 0.5) is 0 Å². The first-order valence-corrected chi connectivity index (χ1v) is 11.0. The molecular formula is C26H34N2O. The molecular weight excluding hydrogens is 356 g/mol. The summed E-state index contributed by atoms with van der Waals surface area (Å²) in [5, 5.41) is 5.49. The molecule has 3 aromatic rings. The number of amides is 1. The fraction of sp³-hybridized carbons (Fsp3) is 0.423. The zero-order valence-corrected chi connectivity index (χ0v) is 18.2. The summed E-state index contributed by atoms with van der Waals surface area (Å²) in [7, 11) is 0. The molecule has 3 heteroatoms. The Hall–Kier alpha value is -2.55. The first kappa shape index (κ1) is 21.2. The molecule has 1 heterocycles. The van der Waals surface area contributed by atoms with Gasteiger partial charge in [0.2, 0.25) is 0 Å². The fourth-order valence-electron chi connectivity index (χ4n) is 4.57. The molecule has 154 valence electrons. The van der Waals surface area contributed by atoms with Gasteiger partial charge in [0.05, 0.1) is 0 Å². The van der Waals surface area contributed by atoms with Crippen molar-refractivity contribution in [3.63, 3.8) is 0 Å². The largest absolute Gasteiger partial charge is 0.355 e. The van der Waals surface area contributed by atoms with E-state index in [4.69, 9.17) is 0 Å². The number of aryl methyl sites for hydroxylation is 1. The van der Waals surface area contributed by atoms with Crippen molar-refractivity contribution in [2.75, 3.05) is 0 Å². The van der Waals surface area contributed by atoms with Gasteiger partial charge in [-0.3, -0.25) is 4.79 Å². The molecule has 3 unspecified atom stereocenters. The lowest BCUT2D eigenvalue weighted by molar-refractivity contribution is 0.0933. The maximum absolute atomic E-state index is 12.9. The SMILES string of the molecule is C=CC(NC(=O)c1ccc2[nH]c3ccc(C)cc3c2c1)C1CCC(CC)C1.CC. The van der Waals surface area contributed by atoms with Gasteiger partial charge in [-0.15, -0.1) is 6.58 Å². The first-order valence-electron chi connectivity index (χ1n) is 11.0. The van der Waals surface area contributed by atoms with Crippen molar-refractivity contribution in [1.82, 2.24) is 10.3 Å². The summed E-state index contributed by atoms with van der Waals surface area (Å²) in [6.07, 6.45) is 6.77. The number of nitrogens with one attached hydrogen (secondary N) is 2. The van der Waals surface area contributed by atoms with E-state index in [-0.39, 0.29) is 11.9 Å². The van der Waals surface area contributed by atoms with Crippen LogP contribution in [0.5, 0.6) is 0 Å². The molecule has 0 saturated heterocycles. The number of hydrogen-bond donors (Lipinski definition) is 2. The van der Waals surface area contributed by atoms with Crippen LogP contribution in [0.3, 0.4) is 0 Å². The maximum atomic E-state index is 12.9. The Labute approximate surface area is 174 Å². The van der Waals surface area contributed by atoms with Crippen LogP contribution in [-0.2, 0) is 0 Å². The molecule has 1 amide bonds. The van der Waals surface area contributed by atoms with Crippen LogP contribution < -0.4 is 5.32 Å². The van der Waals surface area contributed by atoms with Gasteiger partial charge < -0.3 is 10.3 Å². The van der Waals surface area contributed by atoms with Gasteiger partial charge >= 0.3 is 0 Å². The van der Waals surface area contributed by atoms with E-state index in [2.05, 4.69) is 48.9 Å². The molecule has 3 atom stereocenters. The van der Waals surface area contributed by atoms with Gasteiger partial charge in [0.25, 0.3) is 5.91 Å². The summed E-state index contributed by atoms with van der Waals surface area (Å²) in [5.74, 6) is 1.29. The van der Waals surface area contributed by atoms with Crippen LogP contribution in [0.25, 0.3) is 21.8 Å². The van der Waals surface area contributed by atoms with Crippen molar-refractivity contribution < 1.29 is 4.79 Å². The molecule has 2 aromatic carbocycles. The number of carbonyl (C=O) groups is 1. The first-order chi connectivity index (χ1) is 14.1. The van der Waals surface area contributed by atoms with E-state index in [1.165, 1.54) is 36.6 Å². The molecule has 2 N–H and O–H groups in total. The Balaban J connectivity index is 0.00000117. The minimum atomic E-state index is -0.0104. The van der Waals surface area contributed by atoms with E-state index in [9.17, 15) is 4.79 Å². The van der Waals surface area contributed by atoms with Crippen LogP contribution >= 0.6 is 0 Å². The predicted octanol–water partition coefficient (Wildman–Crippen LogP) is 6.77. The molecule has 1 aliphatic rings. The Morgan fingerprint density at radius 2 is 1.86 bits per heavy atom. The summed E-state index contributed by atoms with van der Waals surface area (Å²) < 4.78 is 0. The number of benzene rings is 2. The van der Waals surface area contributed by atoms with E-state index < -0.39 is 0 Å². The van der Waals surface area contributed by atoms with E-state index in [1.807, 2.05) is 38.1 Å². The zero-order valence-electron chi connectivity index (χ0n) is 18.2. The molecule has 0 bridgehead atoms. The number of carbonyl (C=O) groups excluding carboxylic acids is 1. The lowest BCUT2D eigenvalue weighted by Crippen LogP contribution is -2.38. The van der Waals surface area contributed by atoms with E-state index in [1.54, 1.807) is 0 Å². The molecule has 1 aromatic heterocycles. The summed E-state index contributed by atoms with van der Waals surface area (Å²) in [6.45, 7) is 12.3. The van der Waals surface area contributed by atoms with E-state index in [0.29, 0.717) is 11.5 Å². The molecule has 0 aliphatic heterocycles. The second-order valence-corrected chi connectivity index (χ2v) is 8.02. The third-order valence-corrected chi connectivity index (χ3v) is 6.24. The van der Waals surface area contributed by atoms with Crippen molar-refractivity contribution in [3.8, 4) is 0 Å². The normalized spacial score (nSPS) is 19.6. The second-order valence-electron chi connectivity index (χ2n) is 8.02. The maximum Gasteiger partial charge on any atom is 0.251 e. The Bertz CT molecular complexity index is 1000. The number of H-pyrrole nitrogens is 1. The van der Waals surface area contributed by atoms with Crippen molar-refractivity contribution in [2.45, 2.75) is 59.4 Å². The van der Waals surface area contributed by atoms with Crippen molar-refractivity contribution in [3.05, 3.63) is 60.2 Å². The minimum absolute atomic E-state index is 0.0104. The Kier molecular flexibility index (Phi) is 6.79. The van der Waals surface area contributed by atoms with Crippen LogP contribution in [0, 0.1) is 18.8 Å². The molecule has 1 saturated carbocycles. The molecule has 4 rings (SSSR count). The van der Waals surface area contributed by atoms with E-state index in [0.717, 1.165) is 22.3 Å². The zero-order chi connectivity index (χ0) is 21.0. The highest BCUT2D eigenvalue weighted by molar-refractivity contribution is 6.10. The third kappa shape index (κ3) is 4.39. The number of rotatable bonds is 5. The Morgan fingerprint density at radius 3 is 2.52 bits per heavy atom. The molecule has 29 heavy (non-hydrogen) atoms. The number of fused-ring (bicyclic) bond motifs is 3. The minimum Gasteiger partial charge on any atom is -0.355 e. The quantitative estimate of drug-likeness (QED) is 0.464. The molecule has 0 radical (unpaired) electrons. The lowest BCUT2D eigenvalue weighted by atomic mass is 9.95. The van der Waals surface area contributed by atoms with Crippen molar-refractivity contribution in [1.29, 1.82) is 0 Å². The average molecular weight is 391 g/mol. The molecule has 3 nitrogen and oxygen atoms in total. The van der Waals surface area contributed by atoms with Crippen LogP contribution in [0.15, 0.2) is 49.1 Å². The number of aromatic nitrogens is 1. The predicted molar refractivity (Wildman–Crippen MR) is 124 cm³/mol. The van der Waals surface area contributed by atoms with Crippen molar-refractivity contribution in [2.24, 2.45) is 11.8 Å². The lowest BCUT2D eigenvalue weighted by Gasteiger charge is -2.22. The van der Waals surface area contributed by atoms with Gasteiger partial charge in [0.15, 0.2) is 0 Å². The second kappa shape index (κ2) is 9.30. The Morgan fingerprint density at radius 1 is 1.17 bits per heavy atom. The van der Waals surface area contributed by atoms with Gasteiger partial charge in [-0.05, 0) is 61.9 Å². The fourth-order valence-corrected chi connectivity index (χ4v) is 4.57. The number of aromatic amines is 1. The van der Waals surface area contributed by atoms with Crippen LogP contribution in [0.2, 0.25) is 0 Å². The van der Waals surface area contributed by atoms with Gasteiger partial charge in [0.1, 0.15) is 0 Å². The topological polar surface area (TPSA) is 44.9 Å². The van der Waals surface area contributed by atoms with E-state index >= 15 is 0 Å². The summed E-state index contributed by atoms with van der Waals surface area (Å²) >= 11 is 0. The summed E-state index contributed by atoms with van der Waals surface area (Å²) in [6, 6.07) is 12.3. The highest BCUT2D eigenvalue weighted by atomic mass is 16.1. The third-order valence-electron chi connectivity index (χ3n) is 6.24.